The molecule has 2 aromatic carbocycles. The normalized spacial score (nSPS) is 10.3. The van der Waals surface area contributed by atoms with Crippen molar-refractivity contribution in [3.63, 3.8) is 0 Å². The van der Waals surface area contributed by atoms with Crippen LogP contribution in [0.25, 0.3) is 0 Å². The molecule has 0 heterocycles. The lowest BCUT2D eigenvalue weighted by molar-refractivity contribution is 0.247. The Balaban J connectivity index is 1.82. The first-order valence-electron chi connectivity index (χ1n) is 9.19. The molecule has 2 rings (SSSR count). The zero-order chi connectivity index (χ0) is 18.8. The summed E-state index contributed by atoms with van der Waals surface area (Å²) < 4.78 is 11.1. The summed E-state index contributed by atoms with van der Waals surface area (Å²) >= 11 is 0. The minimum Gasteiger partial charge on any atom is -0.494 e. The molecular weight excluding hydrogens is 328 g/mol. The van der Waals surface area contributed by atoms with Gasteiger partial charge in [0.2, 0.25) is 0 Å². The topological polar surface area (TPSA) is 59.6 Å². The van der Waals surface area contributed by atoms with E-state index in [0.29, 0.717) is 19.8 Å². The minimum atomic E-state index is -0.215. The van der Waals surface area contributed by atoms with Gasteiger partial charge in [-0.05, 0) is 43.0 Å². The number of amides is 2. The number of ether oxygens (including phenoxy) is 2. The summed E-state index contributed by atoms with van der Waals surface area (Å²) in [4.78, 5) is 12.2. The summed E-state index contributed by atoms with van der Waals surface area (Å²) in [5.74, 6) is 1.50. The molecular formula is C21H28N2O3. The first-order valence-corrected chi connectivity index (χ1v) is 9.19. The molecule has 0 radical (unpaired) electrons. The van der Waals surface area contributed by atoms with Crippen molar-refractivity contribution < 1.29 is 14.3 Å². The molecule has 5 heteroatoms. The Morgan fingerprint density at radius 1 is 0.923 bits per heavy atom. The number of para-hydroxylation sites is 1. The van der Waals surface area contributed by atoms with Crippen molar-refractivity contribution in [3.05, 3.63) is 53.6 Å². The summed E-state index contributed by atoms with van der Waals surface area (Å²) in [6.07, 6.45) is 1.76. The quantitative estimate of drug-likeness (QED) is 0.654. The van der Waals surface area contributed by atoms with Crippen LogP contribution in [0, 0.1) is 0 Å². The Bertz CT molecular complexity index is 694. The molecule has 0 bridgehead atoms. The SMILES string of the molecule is CCOc1cccc(OCCNC(=O)Nc2c(CC)cccc2CC)c1. The average Bonchev–Trinajstić information content (AvgIpc) is 2.66. The highest BCUT2D eigenvalue weighted by Crippen LogP contribution is 2.22. The van der Waals surface area contributed by atoms with Crippen LogP contribution in [-0.2, 0) is 12.8 Å². The molecule has 5 nitrogen and oxygen atoms in total. The second-order valence-corrected chi connectivity index (χ2v) is 5.80. The Morgan fingerprint density at radius 2 is 1.54 bits per heavy atom. The van der Waals surface area contributed by atoms with E-state index in [0.717, 1.165) is 41.2 Å². The standard InChI is InChI=1S/C21H28N2O3/c1-4-16-9-7-10-17(5-2)20(16)23-21(24)22-13-14-26-19-12-8-11-18(15-19)25-6-3/h7-12,15H,4-6,13-14H2,1-3H3,(H2,22,23,24). The van der Waals surface area contributed by atoms with Crippen LogP contribution in [-0.4, -0.2) is 25.8 Å². The monoisotopic (exact) mass is 356 g/mol. The number of hydrogen-bond donors (Lipinski definition) is 2. The van der Waals surface area contributed by atoms with Crippen LogP contribution < -0.4 is 20.1 Å². The van der Waals surface area contributed by atoms with Crippen LogP contribution in [0.5, 0.6) is 11.5 Å². The maximum absolute atomic E-state index is 12.2. The lowest BCUT2D eigenvalue weighted by Crippen LogP contribution is -2.32. The van der Waals surface area contributed by atoms with Crippen LogP contribution in [0.2, 0.25) is 0 Å². The highest BCUT2D eigenvalue weighted by Gasteiger charge is 2.09. The van der Waals surface area contributed by atoms with Gasteiger partial charge in [-0.3, -0.25) is 0 Å². The van der Waals surface area contributed by atoms with E-state index in [2.05, 4.69) is 24.5 Å². The van der Waals surface area contributed by atoms with Crippen molar-refractivity contribution in [2.24, 2.45) is 0 Å². The first-order chi connectivity index (χ1) is 12.7. The zero-order valence-corrected chi connectivity index (χ0v) is 15.8. The molecule has 0 saturated heterocycles. The molecule has 2 aromatic rings. The highest BCUT2D eigenvalue weighted by molar-refractivity contribution is 5.91. The van der Waals surface area contributed by atoms with Gasteiger partial charge in [-0.25, -0.2) is 4.79 Å². The van der Waals surface area contributed by atoms with E-state index in [4.69, 9.17) is 9.47 Å². The van der Waals surface area contributed by atoms with Gasteiger partial charge in [0.1, 0.15) is 18.1 Å². The number of aryl methyl sites for hydroxylation is 2. The van der Waals surface area contributed by atoms with Crippen molar-refractivity contribution >= 4 is 11.7 Å². The molecule has 0 unspecified atom stereocenters. The van der Waals surface area contributed by atoms with Gasteiger partial charge in [-0.15, -0.1) is 0 Å². The number of nitrogens with one attached hydrogen (secondary N) is 2. The highest BCUT2D eigenvalue weighted by atomic mass is 16.5. The molecule has 2 N–H and O–H groups in total. The summed E-state index contributed by atoms with van der Waals surface area (Å²) in [6, 6.07) is 13.4. The number of rotatable bonds is 9. The fourth-order valence-electron chi connectivity index (χ4n) is 2.71. The van der Waals surface area contributed by atoms with Crippen LogP contribution in [0.15, 0.2) is 42.5 Å². The van der Waals surface area contributed by atoms with Crippen molar-refractivity contribution in [2.75, 3.05) is 25.1 Å². The molecule has 140 valence electrons. The van der Waals surface area contributed by atoms with Crippen LogP contribution in [0.4, 0.5) is 10.5 Å². The van der Waals surface area contributed by atoms with E-state index in [9.17, 15) is 4.79 Å². The number of carbonyl (C=O) groups is 1. The molecule has 0 spiro atoms. The number of carbonyl (C=O) groups excluding carboxylic acids is 1. The van der Waals surface area contributed by atoms with E-state index in [1.54, 1.807) is 0 Å². The summed E-state index contributed by atoms with van der Waals surface area (Å²) in [5, 5.41) is 5.82. The van der Waals surface area contributed by atoms with Crippen LogP contribution in [0.3, 0.4) is 0 Å². The molecule has 0 atom stereocenters. The zero-order valence-electron chi connectivity index (χ0n) is 15.8. The van der Waals surface area contributed by atoms with E-state index < -0.39 is 0 Å². The third-order valence-electron chi connectivity index (χ3n) is 4.01. The molecule has 0 saturated carbocycles. The number of urea groups is 1. The van der Waals surface area contributed by atoms with Crippen LogP contribution >= 0.6 is 0 Å². The number of benzene rings is 2. The average molecular weight is 356 g/mol. The Labute approximate surface area is 155 Å². The number of anilines is 1. The van der Waals surface area contributed by atoms with Gasteiger partial charge < -0.3 is 20.1 Å². The number of hydrogen-bond acceptors (Lipinski definition) is 3. The van der Waals surface area contributed by atoms with Crippen LogP contribution in [0.1, 0.15) is 31.9 Å². The molecule has 0 aliphatic rings. The largest absolute Gasteiger partial charge is 0.494 e. The van der Waals surface area contributed by atoms with Crippen molar-refractivity contribution in [2.45, 2.75) is 33.6 Å². The maximum Gasteiger partial charge on any atom is 0.319 e. The second-order valence-electron chi connectivity index (χ2n) is 5.80. The van der Waals surface area contributed by atoms with Gasteiger partial charge in [-0.1, -0.05) is 38.1 Å². The fraction of sp³-hybridized carbons (Fsp3) is 0.381. The predicted octanol–water partition coefficient (Wildman–Crippen LogP) is 4.41. The van der Waals surface area contributed by atoms with E-state index in [-0.39, 0.29) is 6.03 Å². The van der Waals surface area contributed by atoms with Gasteiger partial charge in [0.05, 0.1) is 13.2 Å². The fourth-order valence-corrected chi connectivity index (χ4v) is 2.71. The summed E-state index contributed by atoms with van der Waals surface area (Å²) in [6.45, 7) is 7.53. The molecule has 0 aromatic heterocycles. The molecule has 0 aliphatic carbocycles. The van der Waals surface area contributed by atoms with Crippen molar-refractivity contribution in [1.29, 1.82) is 0 Å². The van der Waals surface area contributed by atoms with Gasteiger partial charge in [0.25, 0.3) is 0 Å². The Kier molecular flexibility index (Phi) is 7.80. The second kappa shape index (κ2) is 10.3. The molecule has 0 fully saturated rings. The van der Waals surface area contributed by atoms with Crippen molar-refractivity contribution in [1.82, 2.24) is 5.32 Å². The van der Waals surface area contributed by atoms with E-state index in [1.165, 1.54) is 0 Å². The van der Waals surface area contributed by atoms with Crippen molar-refractivity contribution in [3.8, 4) is 11.5 Å². The predicted molar refractivity (Wildman–Crippen MR) is 105 cm³/mol. The van der Waals surface area contributed by atoms with Gasteiger partial charge >= 0.3 is 6.03 Å². The maximum atomic E-state index is 12.2. The van der Waals surface area contributed by atoms with Gasteiger partial charge in [0.15, 0.2) is 0 Å². The van der Waals surface area contributed by atoms with E-state index in [1.807, 2.05) is 49.4 Å². The Hall–Kier alpha value is -2.69. The van der Waals surface area contributed by atoms with E-state index >= 15 is 0 Å². The summed E-state index contributed by atoms with van der Waals surface area (Å²) in [5.41, 5.74) is 3.20. The Morgan fingerprint density at radius 3 is 2.15 bits per heavy atom. The third-order valence-corrected chi connectivity index (χ3v) is 4.01. The summed E-state index contributed by atoms with van der Waals surface area (Å²) in [7, 11) is 0. The molecule has 26 heavy (non-hydrogen) atoms. The molecule has 2 amide bonds. The smallest absolute Gasteiger partial charge is 0.319 e. The molecule has 0 aliphatic heterocycles. The lowest BCUT2D eigenvalue weighted by Gasteiger charge is -2.15. The lowest BCUT2D eigenvalue weighted by atomic mass is 10.0. The first kappa shape index (κ1) is 19.6. The third kappa shape index (κ3) is 5.69. The van der Waals surface area contributed by atoms with Gasteiger partial charge in [-0.2, -0.15) is 0 Å². The minimum absolute atomic E-state index is 0.215. The van der Waals surface area contributed by atoms with Gasteiger partial charge in [0, 0.05) is 11.8 Å².